The van der Waals surface area contributed by atoms with Crippen molar-refractivity contribution < 1.29 is 14.3 Å². The van der Waals surface area contributed by atoms with Crippen LogP contribution in [0.1, 0.15) is 0 Å². The number of likely N-dealkylation sites (N-methyl/N-ethyl adjacent to an activating group) is 1. The molecule has 1 aromatic rings. The van der Waals surface area contributed by atoms with E-state index in [1.54, 1.807) is 0 Å². The van der Waals surface area contributed by atoms with Gasteiger partial charge in [-0.2, -0.15) is 0 Å². The normalized spacial score (nSPS) is 11.8. The lowest BCUT2D eigenvalue weighted by molar-refractivity contribution is -0.139. The second kappa shape index (κ2) is 6.58. The van der Waals surface area contributed by atoms with Crippen molar-refractivity contribution >= 4 is 40.7 Å². The summed E-state index contributed by atoms with van der Waals surface area (Å²) in [7, 11) is 2.68. The minimum absolute atomic E-state index is 0.381. The Morgan fingerprint density at radius 2 is 1.72 bits per heavy atom. The maximum atomic E-state index is 11.8. The maximum Gasteiger partial charge on any atom is 0.263 e. The molecule has 2 N–H and O–H groups in total. The first-order valence-electron chi connectivity index (χ1n) is 4.99. The summed E-state index contributed by atoms with van der Waals surface area (Å²) in [6.07, 6.45) is -1.23. The number of rotatable bonds is 4. The van der Waals surface area contributed by atoms with E-state index in [1.807, 2.05) is 0 Å². The predicted molar refractivity (Wildman–Crippen MR) is 70.0 cm³/mol. The van der Waals surface area contributed by atoms with E-state index < -0.39 is 17.9 Å². The van der Waals surface area contributed by atoms with E-state index in [2.05, 4.69) is 10.6 Å². The number of hydrogen-bond acceptors (Lipinski definition) is 3. The summed E-state index contributed by atoms with van der Waals surface area (Å²) in [5, 5.41) is 5.59. The second-order valence-corrected chi connectivity index (χ2v) is 4.25. The van der Waals surface area contributed by atoms with Crippen LogP contribution in [0.4, 0.5) is 5.69 Å². The molecule has 0 aliphatic heterocycles. The molecule has 7 heteroatoms. The highest BCUT2D eigenvalue weighted by Gasteiger charge is 2.25. The van der Waals surface area contributed by atoms with Crippen molar-refractivity contribution in [1.29, 1.82) is 0 Å². The minimum Gasteiger partial charge on any atom is -0.362 e. The first-order chi connectivity index (χ1) is 8.47. The van der Waals surface area contributed by atoms with Gasteiger partial charge in [0.05, 0.1) is 0 Å². The molecule has 0 fully saturated rings. The molecule has 5 nitrogen and oxygen atoms in total. The number of halogens is 2. The number of methoxy groups -OCH3 is 1. The molecule has 0 aliphatic carbocycles. The summed E-state index contributed by atoms with van der Waals surface area (Å²) in [6, 6.07) is 4.56. The van der Waals surface area contributed by atoms with Crippen molar-refractivity contribution in [1.82, 2.24) is 5.32 Å². The van der Waals surface area contributed by atoms with Gasteiger partial charge in [-0.1, -0.05) is 23.2 Å². The highest BCUT2D eigenvalue weighted by Crippen LogP contribution is 2.22. The molecule has 1 aromatic carbocycles. The Labute approximate surface area is 114 Å². The third-order valence-electron chi connectivity index (χ3n) is 2.09. The molecule has 0 spiro atoms. The van der Waals surface area contributed by atoms with Crippen LogP contribution < -0.4 is 10.6 Å². The third-order valence-corrected chi connectivity index (χ3v) is 2.52. The fourth-order valence-electron chi connectivity index (χ4n) is 1.30. The molecule has 0 radical (unpaired) electrons. The van der Waals surface area contributed by atoms with E-state index in [-0.39, 0.29) is 0 Å². The molecule has 1 unspecified atom stereocenters. The molecule has 98 valence electrons. The maximum absolute atomic E-state index is 11.8. The molecule has 2 amide bonds. The Morgan fingerprint density at radius 3 is 2.17 bits per heavy atom. The van der Waals surface area contributed by atoms with Crippen LogP contribution in [-0.2, 0) is 14.3 Å². The topological polar surface area (TPSA) is 67.4 Å². The van der Waals surface area contributed by atoms with Gasteiger partial charge in [-0.15, -0.1) is 0 Å². The molecule has 1 rings (SSSR count). The first kappa shape index (κ1) is 14.8. The fraction of sp³-hybridized carbons (Fsp3) is 0.273. The van der Waals surface area contributed by atoms with Crippen molar-refractivity contribution in [3.8, 4) is 0 Å². The molecule has 0 aliphatic rings. The van der Waals surface area contributed by atoms with Crippen LogP contribution in [0.5, 0.6) is 0 Å². The zero-order valence-corrected chi connectivity index (χ0v) is 11.3. The van der Waals surface area contributed by atoms with Gasteiger partial charge >= 0.3 is 0 Å². The number of nitrogens with one attached hydrogen (secondary N) is 2. The van der Waals surface area contributed by atoms with Crippen LogP contribution in [0.2, 0.25) is 10.0 Å². The fourth-order valence-corrected chi connectivity index (χ4v) is 1.82. The summed E-state index contributed by atoms with van der Waals surface area (Å²) in [5.74, 6) is -1.14. The van der Waals surface area contributed by atoms with Gasteiger partial charge in [0.15, 0.2) is 0 Å². The van der Waals surface area contributed by atoms with Crippen LogP contribution in [0, 0.1) is 0 Å². The summed E-state index contributed by atoms with van der Waals surface area (Å²) >= 11 is 11.6. The molecular weight excluding hydrogens is 279 g/mol. The second-order valence-electron chi connectivity index (χ2n) is 3.38. The number of amides is 2. The number of ether oxygens (including phenoxy) is 1. The van der Waals surface area contributed by atoms with Gasteiger partial charge in [0.1, 0.15) is 0 Å². The Bertz CT molecular complexity index is 445. The number of benzene rings is 1. The lowest BCUT2D eigenvalue weighted by Gasteiger charge is -2.14. The monoisotopic (exact) mass is 290 g/mol. The van der Waals surface area contributed by atoms with Crippen molar-refractivity contribution in [3.05, 3.63) is 28.2 Å². The molecule has 18 heavy (non-hydrogen) atoms. The lowest BCUT2D eigenvalue weighted by atomic mass is 10.2. The van der Waals surface area contributed by atoms with E-state index >= 15 is 0 Å². The van der Waals surface area contributed by atoms with Crippen LogP contribution >= 0.6 is 23.2 Å². The van der Waals surface area contributed by atoms with Gasteiger partial charge in [-0.25, -0.2) is 0 Å². The number of carbonyl (C=O) groups is 2. The largest absolute Gasteiger partial charge is 0.362 e. The van der Waals surface area contributed by atoms with Gasteiger partial charge in [0.25, 0.3) is 11.8 Å². The summed E-state index contributed by atoms with van der Waals surface area (Å²) < 4.78 is 4.81. The minimum atomic E-state index is -1.23. The zero-order valence-electron chi connectivity index (χ0n) is 9.79. The van der Waals surface area contributed by atoms with Gasteiger partial charge in [-0.05, 0) is 18.2 Å². The molecular formula is C11H12Cl2N2O3. The van der Waals surface area contributed by atoms with Crippen LogP contribution in [0.25, 0.3) is 0 Å². The highest BCUT2D eigenvalue weighted by molar-refractivity contribution is 6.35. The molecule has 0 saturated heterocycles. The summed E-state index contributed by atoms with van der Waals surface area (Å²) in [5.41, 5.74) is 0.392. The molecule has 0 aromatic heterocycles. The average Bonchev–Trinajstić information content (AvgIpc) is 2.28. The molecule has 1 atom stereocenters. The van der Waals surface area contributed by atoms with Gasteiger partial charge in [-0.3, -0.25) is 9.59 Å². The van der Waals surface area contributed by atoms with Gasteiger partial charge in [0, 0.05) is 29.9 Å². The number of hydrogen-bond donors (Lipinski definition) is 2. The van der Waals surface area contributed by atoms with E-state index in [1.165, 1.54) is 32.4 Å². The zero-order chi connectivity index (χ0) is 13.7. The number of anilines is 1. The molecule has 0 saturated carbocycles. The Hall–Kier alpha value is -1.30. The highest BCUT2D eigenvalue weighted by atomic mass is 35.5. The van der Waals surface area contributed by atoms with Crippen LogP contribution in [-0.4, -0.2) is 32.1 Å². The quantitative estimate of drug-likeness (QED) is 0.830. The Kier molecular flexibility index (Phi) is 5.40. The molecule has 0 heterocycles. The lowest BCUT2D eigenvalue weighted by Crippen LogP contribution is -2.42. The Balaban J connectivity index is 2.82. The SMILES string of the molecule is CNC(=O)C(OC)C(=O)Nc1cc(Cl)cc(Cl)c1. The van der Waals surface area contributed by atoms with Crippen molar-refractivity contribution in [2.75, 3.05) is 19.5 Å². The number of carbonyl (C=O) groups excluding carboxylic acids is 2. The van der Waals surface area contributed by atoms with Crippen molar-refractivity contribution in [2.45, 2.75) is 6.10 Å². The van der Waals surface area contributed by atoms with Crippen LogP contribution in [0.3, 0.4) is 0 Å². The van der Waals surface area contributed by atoms with E-state index in [4.69, 9.17) is 27.9 Å². The molecule has 0 bridgehead atoms. The predicted octanol–water partition coefficient (Wildman–Crippen LogP) is 1.69. The average molecular weight is 291 g/mol. The van der Waals surface area contributed by atoms with E-state index in [9.17, 15) is 9.59 Å². The summed E-state index contributed by atoms with van der Waals surface area (Å²) in [4.78, 5) is 23.1. The van der Waals surface area contributed by atoms with E-state index in [0.29, 0.717) is 15.7 Å². The smallest absolute Gasteiger partial charge is 0.263 e. The standard InChI is InChI=1S/C11H12Cl2N2O3/c1-14-10(16)9(18-2)11(17)15-8-4-6(12)3-7(13)5-8/h3-5,9H,1-2H3,(H,14,16)(H,15,17). The Morgan fingerprint density at radius 1 is 1.17 bits per heavy atom. The van der Waals surface area contributed by atoms with Crippen molar-refractivity contribution in [3.63, 3.8) is 0 Å². The summed E-state index contributed by atoms with van der Waals surface area (Å²) in [6.45, 7) is 0. The van der Waals surface area contributed by atoms with Crippen molar-refractivity contribution in [2.24, 2.45) is 0 Å². The van der Waals surface area contributed by atoms with E-state index in [0.717, 1.165) is 0 Å². The van der Waals surface area contributed by atoms with Crippen LogP contribution in [0.15, 0.2) is 18.2 Å². The third kappa shape index (κ3) is 3.87. The van der Waals surface area contributed by atoms with Gasteiger partial charge < -0.3 is 15.4 Å². The van der Waals surface area contributed by atoms with Gasteiger partial charge in [0.2, 0.25) is 6.10 Å². The first-order valence-corrected chi connectivity index (χ1v) is 5.75.